The molecule has 0 bridgehead atoms. The van der Waals surface area contributed by atoms with E-state index < -0.39 is 18.2 Å². The summed E-state index contributed by atoms with van der Waals surface area (Å²) in [6, 6.07) is 22.3. The molecular weight excluding hydrogens is 546 g/mol. The van der Waals surface area contributed by atoms with Gasteiger partial charge in [0, 0.05) is 43.0 Å². The number of aryl methyl sites for hydroxylation is 1. The Bertz CT molecular complexity index is 1600. The molecular formula is C34H39N3O6. The van der Waals surface area contributed by atoms with Crippen LogP contribution in [0.3, 0.4) is 0 Å². The lowest BCUT2D eigenvalue weighted by Crippen LogP contribution is -2.48. The smallest absolute Gasteiger partial charge is 0.415 e. The first kappa shape index (κ1) is 30.1. The minimum Gasteiger partial charge on any atom is -0.497 e. The summed E-state index contributed by atoms with van der Waals surface area (Å²) in [5, 5.41) is 11.2. The van der Waals surface area contributed by atoms with Crippen molar-refractivity contribution in [3.8, 4) is 22.6 Å². The van der Waals surface area contributed by atoms with E-state index in [4.69, 9.17) is 14.2 Å². The molecule has 43 heavy (non-hydrogen) atoms. The second-order valence-electron chi connectivity index (χ2n) is 11.2. The Balaban J connectivity index is 1.51. The lowest BCUT2D eigenvalue weighted by atomic mass is 9.96. The van der Waals surface area contributed by atoms with Crippen molar-refractivity contribution >= 4 is 22.9 Å². The Morgan fingerprint density at radius 2 is 1.74 bits per heavy atom. The number of para-hydroxylation sites is 1. The van der Waals surface area contributed by atoms with Crippen molar-refractivity contribution in [1.29, 1.82) is 0 Å². The van der Waals surface area contributed by atoms with Crippen molar-refractivity contribution in [2.24, 2.45) is 13.0 Å². The fourth-order valence-electron chi connectivity index (χ4n) is 5.69. The van der Waals surface area contributed by atoms with Crippen molar-refractivity contribution in [2.75, 3.05) is 33.9 Å². The van der Waals surface area contributed by atoms with Crippen molar-refractivity contribution in [2.45, 2.75) is 32.6 Å². The summed E-state index contributed by atoms with van der Waals surface area (Å²) in [4.78, 5) is 30.7. The number of aliphatic hydroxyl groups is 1. The van der Waals surface area contributed by atoms with Crippen LogP contribution in [0.15, 0.2) is 72.8 Å². The van der Waals surface area contributed by atoms with Crippen LogP contribution in [0.5, 0.6) is 11.5 Å². The molecule has 1 aromatic heterocycles. The number of ether oxygens (including phenoxy) is 3. The minimum absolute atomic E-state index is 0.162. The maximum atomic E-state index is 14.5. The van der Waals surface area contributed by atoms with Crippen molar-refractivity contribution in [3.05, 3.63) is 84.1 Å². The van der Waals surface area contributed by atoms with E-state index in [1.165, 1.54) is 4.90 Å². The first-order valence-corrected chi connectivity index (χ1v) is 14.5. The van der Waals surface area contributed by atoms with E-state index >= 15 is 0 Å². The number of fused-ring (bicyclic) bond motifs is 5. The van der Waals surface area contributed by atoms with E-state index in [1.807, 2.05) is 74.0 Å². The van der Waals surface area contributed by atoms with Gasteiger partial charge in [-0.15, -0.1) is 0 Å². The van der Waals surface area contributed by atoms with Gasteiger partial charge in [-0.05, 0) is 48.4 Å². The molecule has 9 nitrogen and oxygen atoms in total. The predicted molar refractivity (Wildman–Crippen MR) is 165 cm³/mol. The molecule has 0 unspecified atom stereocenters. The number of aromatic nitrogens is 1. The van der Waals surface area contributed by atoms with E-state index in [0.29, 0.717) is 30.3 Å². The minimum atomic E-state index is -0.522. The number of amides is 2. The maximum absolute atomic E-state index is 14.5. The van der Waals surface area contributed by atoms with Crippen LogP contribution >= 0.6 is 0 Å². The van der Waals surface area contributed by atoms with Gasteiger partial charge in [-0.1, -0.05) is 49.4 Å². The number of benzene rings is 3. The molecule has 2 heterocycles. The number of rotatable bonds is 6. The monoisotopic (exact) mass is 585 g/mol. The molecule has 5 rings (SSSR count). The van der Waals surface area contributed by atoms with Crippen LogP contribution in [0.25, 0.3) is 22.0 Å². The third-order valence-electron chi connectivity index (χ3n) is 8.26. The third-order valence-corrected chi connectivity index (χ3v) is 8.26. The molecule has 0 aliphatic carbocycles. The number of carbonyl (C=O) groups is 2. The van der Waals surface area contributed by atoms with Crippen LogP contribution in [0.1, 0.15) is 29.9 Å². The highest BCUT2D eigenvalue weighted by Crippen LogP contribution is 2.38. The molecule has 226 valence electrons. The quantitative estimate of drug-likeness (QED) is 0.328. The normalized spacial score (nSPS) is 17.9. The van der Waals surface area contributed by atoms with Gasteiger partial charge >= 0.3 is 6.09 Å². The lowest BCUT2D eigenvalue weighted by molar-refractivity contribution is -0.0206. The van der Waals surface area contributed by atoms with E-state index in [-0.39, 0.29) is 25.0 Å². The summed E-state index contributed by atoms with van der Waals surface area (Å²) in [6.07, 6.45) is -0.952. The van der Waals surface area contributed by atoms with Crippen LogP contribution < -0.4 is 9.47 Å². The Morgan fingerprint density at radius 3 is 2.47 bits per heavy atom. The molecule has 1 aliphatic heterocycles. The molecule has 2 amide bonds. The molecule has 0 spiro atoms. The zero-order valence-electron chi connectivity index (χ0n) is 25.3. The van der Waals surface area contributed by atoms with Crippen LogP contribution in [0, 0.1) is 5.92 Å². The average Bonchev–Trinajstić information content (AvgIpc) is 3.32. The average molecular weight is 586 g/mol. The van der Waals surface area contributed by atoms with Crippen molar-refractivity contribution in [3.63, 3.8) is 0 Å². The summed E-state index contributed by atoms with van der Waals surface area (Å²) >= 11 is 0. The number of hydrogen-bond donors (Lipinski definition) is 1. The first-order chi connectivity index (χ1) is 20.7. The van der Waals surface area contributed by atoms with Gasteiger partial charge in [-0.25, -0.2) is 4.79 Å². The predicted octanol–water partition coefficient (Wildman–Crippen LogP) is 5.34. The van der Waals surface area contributed by atoms with E-state index in [0.717, 1.165) is 27.6 Å². The number of methoxy groups -OCH3 is 1. The SMILES string of the molecule is COc1ccc(OC(=O)N(C)C[C@@H]2OCc3ccccc3-c3c(n(C)c4ccccc34)C(=O)N([C@H](C)CO)C[C@@H]2C)cc1. The molecule has 0 saturated carbocycles. The van der Waals surface area contributed by atoms with Crippen LogP contribution in [0.2, 0.25) is 0 Å². The summed E-state index contributed by atoms with van der Waals surface area (Å²) < 4.78 is 19.3. The van der Waals surface area contributed by atoms with E-state index in [9.17, 15) is 14.7 Å². The van der Waals surface area contributed by atoms with E-state index in [2.05, 4.69) is 0 Å². The molecule has 9 heteroatoms. The second kappa shape index (κ2) is 12.9. The highest BCUT2D eigenvalue weighted by Gasteiger charge is 2.34. The summed E-state index contributed by atoms with van der Waals surface area (Å²) in [6.45, 7) is 4.51. The molecule has 3 aromatic carbocycles. The molecule has 0 saturated heterocycles. The largest absolute Gasteiger partial charge is 0.497 e. The van der Waals surface area contributed by atoms with Gasteiger partial charge in [0.15, 0.2) is 0 Å². The fraction of sp³-hybridized carbons (Fsp3) is 0.353. The van der Waals surface area contributed by atoms with Gasteiger partial charge in [-0.3, -0.25) is 4.79 Å². The zero-order chi connectivity index (χ0) is 30.7. The molecule has 1 aliphatic rings. The summed E-state index contributed by atoms with van der Waals surface area (Å²) in [7, 11) is 5.16. The van der Waals surface area contributed by atoms with Gasteiger partial charge < -0.3 is 33.7 Å². The topological polar surface area (TPSA) is 93.5 Å². The number of nitrogens with zero attached hydrogens (tertiary/aromatic N) is 3. The van der Waals surface area contributed by atoms with Gasteiger partial charge in [-0.2, -0.15) is 0 Å². The van der Waals surface area contributed by atoms with Crippen LogP contribution in [0.4, 0.5) is 4.79 Å². The zero-order valence-corrected chi connectivity index (χ0v) is 25.3. The van der Waals surface area contributed by atoms with Gasteiger partial charge in [0.1, 0.15) is 17.2 Å². The molecule has 1 N–H and O–H groups in total. The Morgan fingerprint density at radius 1 is 1.07 bits per heavy atom. The number of hydrogen-bond acceptors (Lipinski definition) is 6. The third kappa shape index (κ3) is 6.09. The van der Waals surface area contributed by atoms with Gasteiger partial charge in [0.05, 0.1) is 39.0 Å². The Kier molecular flexibility index (Phi) is 9.03. The highest BCUT2D eigenvalue weighted by atomic mass is 16.6. The van der Waals surface area contributed by atoms with Crippen molar-refractivity contribution < 1.29 is 28.9 Å². The number of carbonyl (C=O) groups excluding carboxylic acids is 2. The lowest BCUT2D eigenvalue weighted by Gasteiger charge is -2.34. The van der Waals surface area contributed by atoms with E-state index in [1.54, 1.807) is 43.3 Å². The number of likely N-dealkylation sites (N-methyl/N-ethyl adjacent to an activating group) is 1. The first-order valence-electron chi connectivity index (χ1n) is 14.5. The fourth-order valence-corrected chi connectivity index (χ4v) is 5.69. The van der Waals surface area contributed by atoms with Crippen LogP contribution in [-0.2, 0) is 18.4 Å². The Hall–Kier alpha value is -4.34. The second-order valence-corrected chi connectivity index (χ2v) is 11.2. The Labute approximate surface area is 252 Å². The molecule has 3 atom stereocenters. The van der Waals surface area contributed by atoms with Crippen LogP contribution in [-0.4, -0.2) is 77.5 Å². The van der Waals surface area contributed by atoms with Crippen molar-refractivity contribution in [1.82, 2.24) is 14.4 Å². The highest BCUT2D eigenvalue weighted by molar-refractivity contribution is 6.10. The van der Waals surface area contributed by atoms with Gasteiger partial charge in [0.25, 0.3) is 5.91 Å². The maximum Gasteiger partial charge on any atom is 0.415 e. The summed E-state index contributed by atoms with van der Waals surface area (Å²) in [5.74, 6) is 0.725. The molecule has 0 radical (unpaired) electrons. The van der Waals surface area contributed by atoms with Gasteiger partial charge in [0.2, 0.25) is 0 Å². The standard InChI is InChI=1S/C34H39N3O6/c1-22-18-37(23(2)20-38)33(39)32-31(28-12-8-9-13-29(28)36(32)4)27-11-7-6-10-24(27)21-42-30(22)19-35(3)34(40)43-26-16-14-25(41-5)15-17-26/h6-17,22-23,30,38H,18-21H2,1-5H3/t22-,23+,30-/m0/s1. The molecule has 4 aromatic rings. The molecule has 0 fully saturated rings. The summed E-state index contributed by atoms with van der Waals surface area (Å²) in [5.41, 5.74) is 4.23. The number of aliphatic hydroxyl groups excluding tert-OH is 1.